The van der Waals surface area contributed by atoms with E-state index < -0.39 is 0 Å². The van der Waals surface area contributed by atoms with Crippen molar-refractivity contribution in [1.29, 1.82) is 0 Å². The van der Waals surface area contributed by atoms with E-state index in [2.05, 4.69) is 31.8 Å². The molecule has 4 heteroatoms. The second-order valence-electron chi connectivity index (χ2n) is 7.22. The smallest absolute Gasteiger partial charge is 0.341 e. The molecule has 2 aromatic heterocycles. The quantitative estimate of drug-likeness (QED) is 0.856. The number of fused-ring (bicyclic) bond motifs is 2. The van der Waals surface area contributed by atoms with Gasteiger partial charge in [-0.3, -0.25) is 4.98 Å². The molecule has 1 N–H and O–H groups in total. The number of aromatic amines is 1. The molecule has 3 rings (SSSR count). The Morgan fingerprint density at radius 2 is 2.23 bits per heavy atom. The van der Waals surface area contributed by atoms with Gasteiger partial charge in [0.15, 0.2) is 0 Å². The molecule has 118 valence electrons. The largest absolute Gasteiger partial charge is 0.462 e. The standard InChI is InChI=1S/C18H24N2O2/c1-5-22-17(21)13-10-19-15-9-11-8-12(18(2,3)4)6-7-14(11)20-16(13)15/h9-10,12,19H,5-8H2,1-4H3. The molecule has 2 aromatic rings. The highest BCUT2D eigenvalue weighted by molar-refractivity contribution is 6.02. The molecule has 1 atom stereocenters. The van der Waals surface area contributed by atoms with Gasteiger partial charge in [0.05, 0.1) is 12.1 Å². The summed E-state index contributed by atoms with van der Waals surface area (Å²) in [5.41, 5.74) is 4.98. The maximum atomic E-state index is 12.0. The minimum absolute atomic E-state index is 0.301. The number of hydrogen-bond acceptors (Lipinski definition) is 3. The predicted molar refractivity (Wildman–Crippen MR) is 87.0 cm³/mol. The van der Waals surface area contributed by atoms with Crippen LogP contribution in [0.15, 0.2) is 12.3 Å². The van der Waals surface area contributed by atoms with Crippen LogP contribution in [-0.4, -0.2) is 22.5 Å². The molecule has 0 saturated carbocycles. The van der Waals surface area contributed by atoms with Gasteiger partial charge in [0.2, 0.25) is 0 Å². The summed E-state index contributed by atoms with van der Waals surface area (Å²) in [7, 11) is 0. The van der Waals surface area contributed by atoms with E-state index in [9.17, 15) is 4.79 Å². The number of carbonyl (C=O) groups excluding carboxylic acids is 1. The highest BCUT2D eigenvalue weighted by Gasteiger charge is 2.30. The number of nitrogens with zero attached hydrogens (tertiary/aromatic N) is 1. The van der Waals surface area contributed by atoms with Crippen LogP contribution >= 0.6 is 0 Å². The van der Waals surface area contributed by atoms with Crippen molar-refractivity contribution in [3.63, 3.8) is 0 Å². The summed E-state index contributed by atoms with van der Waals surface area (Å²) in [4.78, 5) is 19.9. The molecule has 0 amide bonds. The lowest BCUT2D eigenvalue weighted by Gasteiger charge is -2.34. The molecule has 0 saturated heterocycles. The summed E-state index contributed by atoms with van der Waals surface area (Å²) in [6.45, 7) is 9.12. The van der Waals surface area contributed by atoms with Crippen LogP contribution in [0.25, 0.3) is 11.0 Å². The Morgan fingerprint density at radius 1 is 1.45 bits per heavy atom. The molecule has 0 radical (unpaired) electrons. The SMILES string of the molecule is CCOC(=O)c1c[nH]c2cc3c(nc12)CCC(C(C)(C)C)C3. The zero-order valence-electron chi connectivity index (χ0n) is 13.8. The van der Waals surface area contributed by atoms with Gasteiger partial charge in [-0.1, -0.05) is 20.8 Å². The van der Waals surface area contributed by atoms with Gasteiger partial charge in [0, 0.05) is 11.9 Å². The van der Waals surface area contributed by atoms with Crippen LogP contribution in [0.2, 0.25) is 0 Å². The summed E-state index contributed by atoms with van der Waals surface area (Å²) in [6, 6.07) is 2.16. The molecule has 0 aromatic carbocycles. The van der Waals surface area contributed by atoms with Crippen LogP contribution < -0.4 is 0 Å². The Hall–Kier alpha value is -1.84. The first-order valence-corrected chi connectivity index (χ1v) is 8.07. The minimum Gasteiger partial charge on any atom is -0.462 e. The van der Waals surface area contributed by atoms with Crippen molar-refractivity contribution in [3.05, 3.63) is 29.1 Å². The van der Waals surface area contributed by atoms with Gasteiger partial charge >= 0.3 is 5.97 Å². The fraction of sp³-hybridized carbons (Fsp3) is 0.556. The highest BCUT2D eigenvalue weighted by atomic mass is 16.5. The number of H-pyrrole nitrogens is 1. The Kier molecular flexibility index (Phi) is 3.71. The topological polar surface area (TPSA) is 55.0 Å². The molecule has 22 heavy (non-hydrogen) atoms. The number of aryl methyl sites for hydroxylation is 1. The number of carbonyl (C=O) groups is 1. The van der Waals surface area contributed by atoms with E-state index in [-0.39, 0.29) is 5.97 Å². The fourth-order valence-electron chi connectivity index (χ4n) is 3.30. The van der Waals surface area contributed by atoms with Gasteiger partial charge in [0.1, 0.15) is 11.1 Å². The summed E-state index contributed by atoms with van der Waals surface area (Å²) in [5.74, 6) is 0.378. The Bertz CT molecular complexity index is 710. The summed E-state index contributed by atoms with van der Waals surface area (Å²) >= 11 is 0. The lowest BCUT2D eigenvalue weighted by atomic mass is 9.71. The van der Waals surface area contributed by atoms with Crippen LogP contribution in [0.5, 0.6) is 0 Å². The van der Waals surface area contributed by atoms with Gasteiger partial charge in [0.25, 0.3) is 0 Å². The number of ether oxygens (including phenoxy) is 1. The van der Waals surface area contributed by atoms with Crippen molar-refractivity contribution in [3.8, 4) is 0 Å². The third-order valence-electron chi connectivity index (χ3n) is 4.73. The zero-order valence-corrected chi connectivity index (χ0v) is 13.8. The van der Waals surface area contributed by atoms with E-state index in [4.69, 9.17) is 9.72 Å². The molecule has 1 aliphatic carbocycles. The maximum Gasteiger partial charge on any atom is 0.341 e. The molecular weight excluding hydrogens is 276 g/mol. The van der Waals surface area contributed by atoms with Crippen molar-refractivity contribution < 1.29 is 9.53 Å². The average Bonchev–Trinajstić information content (AvgIpc) is 2.86. The van der Waals surface area contributed by atoms with Crippen LogP contribution in [0.4, 0.5) is 0 Å². The molecular formula is C18H24N2O2. The van der Waals surface area contributed by atoms with Crippen molar-refractivity contribution in [1.82, 2.24) is 9.97 Å². The van der Waals surface area contributed by atoms with Gasteiger partial charge in [-0.15, -0.1) is 0 Å². The normalized spacial score (nSPS) is 18.3. The van der Waals surface area contributed by atoms with Crippen LogP contribution in [0.1, 0.15) is 55.7 Å². The lowest BCUT2D eigenvalue weighted by molar-refractivity contribution is 0.0528. The van der Waals surface area contributed by atoms with Gasteiger partial charge < -0.3 is 9.72 Å². The number of aromatic nitrogens is 2. The summed E-state index contributed by atoms with van der Waals surface area (Å²) in [6.07, 6.45) is 4.92. The first kappa shape index (κ1) is 15.1. The second-order valence-corrected chi connectivity index (χ2v) is 7.22. The average molecular weight is 300 g/mol. The van der Waals surface area contributed by atoms with Crippen molar-refractivity contribution in [2.24, 2.45) is 11.3 Å². The van der Waals surface area contributed by atoms with Crippen molar-refractivity contribution >= 4 is 17.0 Å². The lowest BCUT2D eigenvalue weighted by Crippen LogP contribution is -2.27. The van der Waals surface area contributed by atoms with Crippen molar-refractivity contribution in [2.45, 2.75) is 47.0 Å². The molecule has 0 fully saturated rings. The van der Waals surface area contributed by atoms with E-state index in [0.29, 0.717) is 23.5 Å². The zero-order chi connectivity index (χ0) is 15.9. The Morgan fingerprint density at radius 3 is 2.91 bits per heavy atom. The molecule has 2 heterocycles. The first-order chi connectivity index (χ1) is 10.4. The van der Waals surface area contributed by atoms with E-state index in [0.717, 1.165) is 36.0 Å². The third-order valence-corrected chi connectivity index (χ3v) is 4.73. The van der Waals surface area contributed by atoms with Crippen LogP contribution in [0.3, 0.4) is 0 Å². The minimum atomic E-state index is -0.301. The van der Waals surface area contributed by atoms with Crippen LogP contribution in [0, 0.1) is 11.3 Å². The van der Waals surface area contributed by atoms with E-state index >= 15 is 0 Å². The predicted octanol–water partition coefficient (Wildman–Crippen LogP) is 3.89. The summed E-state index contributed by atoms with van der Waals surface area (Å²) < 4.78 is 5.10. The van der Waals surface area contributed by atoms with E-state index in [1.54, 1.807) is 6.20 Å². The molecule has 0 bridgehead atoms. The van der Waals surface area contributed by atoms with Gasteiger partial charge in [-0.2, -0.15) is 0 Å². The van der Waals surface area contributed by atoms with E-state index in [1.807, 2.05) is 6.92 Å². The number of rotatable bonds is 2. The van der Waals surface area contributed by atoms with Gasteiger partial charge in [-0.05, 0) is 49.1 Å². The monoisotopic (exact) mass is 300 g/mol. The van der Waals surface area contributed by atoms with Gasteiger partial charge in [-0.25, -0.2) is 4.79 Å². The Labute approximate surface area is 131 Å². The first-order valence-electron chi connectivity index (χ1n) is 8.07. The van der Waals surface area contributed by atoms with E-state index in [1.165, 1.54) is 5.56 Å². The maximum absolute atomic E-state index is 12.0. The molecule has 0 spiro atoms. The number of esters is 1. The third kappa shape index (κ3) is 2.62. The molecule has 0 aliphatic heterocycles. The highest BCUT2D eigenvalue weighted by Crippen LogP contribution is 2.37. The number of pyridine rings is 1. The molecule has 1 aliphatic rings. The molecule has 4 nitrogen and oxygen atoms in total. The van der Waals surface area contributed by atoms with Crippen molar-refractivity contribution in [2.75, 3.05) is 6.61 Å². The van der Waals surface area contributed by atoms with Crippen LogP contribution in [-0.2, 0) is 17.6 Å². The molecule has 1 unspecified atom stereocenters. The fourth-order valence-corrected chi connectivity index (χ4v) is 3.30. The number of nitrogens with one attached hydrogen (secondary N) is 1. The second kappa shape index (κ2) is 5.41. The Balaban J connectivity index is 1.98. The number of hydrogen-bond donors (Lipinski definition) is 1. The summed E-state index contributed by atoms with van der Waals surface area (Å²) in [5, 5.41) is 0.